The number of nitrogens with zero attached hydrogens (tertiary/aromatic N) is 2. The fourth-order valence-corrected chi connectivity index (χ4v) is 3.12. The standard InChI is InChI=1S/C12H10ClN3O4S/c1-8-4-5-14-12(6-8)15-21(19,20)11-7-9(16(17)18)2-3-10(11)13/h2-7H,1H3,(H,14,15). The molecule has 0 atom stereocenters. The molecule has 1 N–H and O–H groups in total. The van der Waals surface area contributed by atoms with Crippen LogP contribution in [0.25, 0.3) is 0 Å². The second-order valence-corrected chi connectivity index (χ2v) is 6.25. The third-order valence-electron chi connectivity index (χ3n) is 2.57. The molecule has 9 heteroatoms. The molecule has 1 aromatic carbocycles. The van der Waals surface area contributed by atoms with Gasteiger partial charge < -0.3 is 0 Å². The average Bonchev–Trinajstić information content (AvgIpc) is 2.38. The van der Waals surface area contributed by atoms with Gasteiger partial charge in [0.15, 0.2) is 0 Å². The zero-order chi connectivity index (χ0) is 15.6. The van der Waals surface area contributed by atoms with E-state index in [1.54, 1.807) is 13.0 Å². The van der Waals surface area contributed by atoms with Gasteiger partial charge in [-0.05, 0) is 30.7 Å². The van der Waals surface area contributed by atoms with Gasteiger partial charge in [0.25, 0.3) is 15.7 Å². The lowest BCUT2D eigenvalue weighted by Gasteiger charge is -2.09. The van der Waals surface area contributed by atoms with Crippen LogP contribution in [0.15, 0.2) is 41.4 Å². The molecule has 110 valence electrons. The van der Waals surface area contributed by atoms with E-state index in [4.69, 9.17) is 11.6 Å². The van der Waals surface area contributed by atoms with Crippen LogP contribution in [-0.4, -0.2) is 18.3 Å². The Labute approximate surface area is 125 Å². The van der Waals surface area contributed by atoms with Crippen LogP contribution in [0, 0.1) is 17.0 Å². The lowest BCUT2D eigenvalue weighted by Crippen LogP contribution is -2.14. The minimum Gasteiger partial charge on any atom is -0.263 e. The maximum absolute atomic E-state index is 12.3. The highest BCUT2D eigenvalue weighted by Crippen LogP contribution is 2.27. The second kappa shape index (κ2) is 5.66. The van der Waals surface area contributed by atoms with Gasteiger partial charge in [0.1, 0.15) is 10.7 Å². The summed E-state index contributed by atoms with van der Waals surface area (Å²) in [5.41, 5.74) is 0.449. The Morgan fingerprint density at radius 3 is 2.62 bits per heavy atom. The van der Waals surface area contributed by atoms with E-state index in [2.05, 4.69) is 9.71 Å². The Bertz CT molecular complexity index is 808. The Morgan fingerprint density at radius 1 is 1.29 bits per heavy atom. The number of nitro groups is 1. The van der Waals surface area contributed by atoms with E-state index in [0.717, 1.165) is 23.8 Å². The van der Waals surface area contributed by atoms with Gasteiger partial charge in [-0.2, -0.15) is 0 Å². The van der Waals surface area contributed by atoms with Gasteiger partial charge in [0, 0.05) is 18.3 Å². The lowest BCUT2D eigenvalue weighted by atomic mass is 10.3. The first-order valence-electron chi connectivity index (χ1n) is 5.69. The SMILES string of the molecule is Cc1ccnc(NS(=O)(=O)c2cc([N+](=O)[O-])ccc2Cl)c1. The first kappa shape index (κ1) is 15.2. The molecule has 21 heavy (non-hydrogen) atoms. The molecule has 0 saturated carbocycles. The van der Waals surface area contributed by atoms with Crippen molar-refractivity contribution >= 4 is 33.1 Å². The number of halogens is 1. The summed E-state index contributed by atoms with van der Waals surface area (Å²) in [7, 11) is -4.07. The molecular weight excluding hydrogens is 318 g/mol. The third kappa shape index (κ3) is 3.47. The maximum atomic E-state index is 12.3. The molecule has 0 fully saturated rings. The maximum Gasteiger partial charge on any atom is 0.270 e. The van der Waals surface area contributed by atoms with Crippen molar-refractivity contribution in [2.45, 2.75) is 11.8 Å². The van der Waals surface area contributed by atoms with Crippen LogP contribution in [0.4, 0.5) is 11.5 Å². The molecule has 0 aliphatic rings. The summed E-state index contributed by atoms with van der Waals surface area (Å²) in [6, 6.07) is 6.44. The van der Waals surface area contributed by atoms with Gasteiger partial charge in [-0.1, -0.05) is 11.6 Å². The number of pyridine rings is 1. The van der Waals surface area contributed by atoms with Gasteiger partial charge in [0.05, 0.1) is 9.95 Å². The number of nitrogens with one attached hydrogen (secondary N) is 1. The molecular formula is C12H10ClN3O4S. The molecule has 0 saturated heterocycles. The first-order chi connectivity index (χ1) is 9.79. The number of aryl methyl sites for hydroxylation is 1. The van der Waals surface area contributed by atoms with Gasteiger partial charge in [-0.15, -0.1) is 0 Å². The van der Waals surface area contributed by atoms with E-state index in [-0.39, 0.29) is 21.4 Å². The largest absolute Gasteiger partial charge is 0.270 e. The molecule has 2 aromatic rings. The third-order valence-corrected chi connectivity index (χ3v) is 4.41. The Balaban J connectivity index is 2.44. The quantitative estimate of drug-likeness (QED) is 0.687. The zero-order valence-corrected chi connectivity index (χ0v) is 12.4. The first-order valence-corrected chi connectivity index (χ1v) is 7.55. The molecule has 0 aliphatic heterocycles. The topological polar surface area (TPSA) is 102 Å². The van der Waals surface area contributed by atoms with Crippen LogP contribution in [0.1, 0.15) is 5.56 Å². The Hall–Kier alpha value is -2.19. The number of non-ortho nitro benzene ring substituents is 1. The van der Waals surface area contributed by atoms with Crippen LogP contribution < -0.4 is 4.72 Å². The van der Waals surface area contributed by atoms with E-state index >= 15 is 0 Å². The molecule has 1 heterocycles. The molecule has 7 nitrogen and oxygen atoms in total. The van der Waals surface area contributed by atoms with Crippen molar-refractivity contribution in [3.8, 4) is 0 Å². The predicted molar refractivity (Wildman–Crippen MR) is 77.9 cm³/mol. The Morgan fingerprint density at radius 2 is 2.00 bits per heavy atom. The van der Waals surface area contributed by atoms with E-state index < -0.39 is 14.9 Å². The summed E-state index contributed by atoms with van der Waals surface area (Å²) in [5.74, 6) is 0.109. The summed E-state index contributed by atoms with van der Waals surface area (Å²) in [6.45, 7) is 1.78. The molecule has 0 aliphatic carbocycles. The summed E-state index contributed by atoms with van der Waals surface area (Å²) >= 11 is 5.82. The van der Waals surface area contributed by atoms with Crippen LogP contribution in [0.5, 0.6) is 0 Å². The number of rotatable bonds is 4. The predicted octanol–water partition coefficient (Wildman–Crippen LogP) is 2.75. The lowest BCUT2D eigenvalue weighted by molar-refractivity contribution is -0.385. The van der Waals surface area contributed by atoms with E-state index in [0.29, 0.717) is 0 Å². The van der Waals surface area contributed by atoms with E-state index in [1.807, 2.05) is 0 Å². The fourth-order valence-electron chi connectivity index (χ4n) is 1.60. The van der Waals surface area contributed by atoms with Gasteiger partial charge in [0.2, 0.25) is 0 Å². The van der Waals surface area contributed by atoms with Crippen molar-refractivity contribution in [2.75, 3.05) is 4.72 Å². The van der Waals surface area contributed by atoms with Crippen molar-refractivity contribution in [1.29, 1.82) is 0 Å². The summed E-state index contributed by atoms with van der Waals surface area (Å²) < 4.78 is 26.7. The molecule has 1 aromatic heterocycles. The number of hydrogen-bond acceptors (Lipinski definition) is 5. The highest BCUT2D eigenvalue weighted by Gasteiger charge is 2.22. The van der Waals surface area contributed by atoms with Crippen LogP contribution >= 0.6 is 11.6 Å². The fraction of sp³-hybridized carbons (Fsp3) is 0.0833. The van der Waals surface area contributed by atoms with Crippen LogP contribution in [0.3, 0.4) is 0 Å². The van der Waals surface area contributed by atoms with Crippen LogP contribution in [0.2, 0.25) is 5.02 Å². The highest BCUT2D eigenvalue weighted by atomic mass is 35.5. The molecule has 0 bridgehead atoms. The van der Waals surface area contributed by atoms with Gasteiger partial charge in [-0.3, -0.25) is 14.8 Å². The van der Waals surface area contributed by atoms with Crippen molar-refractivity contribution in [3.63, 3.8) is 0 Å². The number of sulfonamides is 1. The zero-order valence-electron chi connectivity index (χ0n) is 10.8. The van der Waals surface area contributed by atoms with E-state index in [9.17, 15) is 18.5 Å². The monoisotopic (exact) mass is 327 g/mol. The van der Waals surface area contributed by atoms with Gasteiger partial charge >= 0.3 is 0 Å². The van der Waals surface area contributed by atoms with Crippen LogP contribution in [-0.2, 0) is 10.0 Å². The van der Waals surface area contributed by atoms with Crippen molar-refractivity contribution < 1.29 is 13.3 Å². The van der Waals surface area contributed by atoms with Crippen molar-refractivity contribution in [1.82, 2.24) is 4.98 Å². The molecule has 0 amide bonds. The summed E-state index contributed by atoms with van der Waals surface area (Å²) in [6.07, 6.45) is 1.45. The second-order valence-electron chi connectivity index (χ2n) is 4.20. The van der Waals surface area contributed by atoms with Crippen molar-refractivity contribution in [3.05, 3.63) is 57.2 Å². The smallest absolute Gasteiger partial charge is 0.263 e. The molecule has 0 unspecified atom stereocenters. The van der Waals surface area contributed by atoms with Gasteiger partial charge in [-0.25, -0.2) is 13.4 Å². The summed E-state index contributed by atoms with van der Waals surface area (Å²) in [5, 5.41) is 10.6. The summed E-state index contributed by atoms with van der Waals surface area (Å²) in [4.78, 5) is 13.5. The molecule has 0 spiro atoms. The Kier molecular flexibility index (Phi) is 4.10. The molecule has 0 radical (unpaired) electrons. The highest BCUT2D eigenvalue weighted by molar-refractivity contribution is 7.92. The number of hydrogen-bond donors (Lipinski definition) is 1. The normalized spacial score (nSPS) is 11.1. The number of anilines is 1. The molecule has 2 rings (SSSR count). The minimum absolute atomic E-state index is 0.109. The van der Waals surface area contributed by atoms with E-state index in [1.165, 1.54) is 12.3 Å². The number of benzene rings is 1. The number of nitro benzene ring substituents is 1. The number of aromatic nitrogens is 1. The minimum atomic E-state index is -4.07. The average molecular weight is 328 g/mol. The van der Waals surface area contributed by atoms with Crippen molar-refractivity contribution in [2.24, 2.45) is 0 Å².